The zero-order chi connectivity index (χ0) is 21.4. The van der Waals surface area contributed by atoms with Gasteiger partial charge >= 0.3 is 12.3 Å². The van der Waals surface area contributed by atoms with Gasteiger partial charge in [-0.05, 0) is 63.4 Å². The Kier molecular flexibility index (Phi) is 6.36. The SMILES string of the molecule is CC(OC(=O)N1CCC(C)(N(C)Cc2cc3cc(Cl)ccc3s2)CC1)C(F)(F)F. The normalized spacial score (nSPS) is 18.3. The molecule has 2 aromatic rings. The largest absolute Gasteiger partial charge is 0.437 e. The summed E-state index contributed by atoms with van der Waals surface area (Å²) in [6.07, 6.45) is -6.23. The molecule has 1 aromatic carbocycles. The van der Waals surface area contributed by atoms with Gasteiger partial charge in [-0.15, -0.1) is 11.3 Å². The van der Waals surface area contributed by atoms with Crippen LogP contribution in [0, 0.1) is 0 Å². The number of carbonyl (C=O) groups is 1. The minimum absolute atomic E-state index is 0.153. The third-order valence-electron chi connectivity index (χ3n) is 5.68. The van der Waals surface area contributed by atoms with Crippen LogP contribution in [-0.2, 0) is 11.3 Å². The number of carbonyl (C=O) groups excluding carboxylic acids is 1. The van der Waals surface area contributed by atoms with Gasteiger partial charge in [0.05, 0.1) is 0 Å². The highest BCUT2D eigenvalue weighted by Gasteiger charge is 2.41. The molecule has 0 aliphatic carbocycles. The summed E-state index contributed by atoms with van der Waals surface area (Å²) in [5.74, 6) is 0. The van der Waals surface area contributed by atoms with E-state index in [9.17, 15) is 18.0 Å². The second kappa shape index (κ2) is 8.32. The Labute approximate surface area is 177 Å². The number of hydrogen-bond acceptors (Lipinski definition) is 4. The van der Waals surface area contributed by atoms with Crippen LogP contribution >= 0.6 is 22.9 Å². The van der Waals surface area contributed by atoms with Crippen LogP contribution in [0.5, 0.6) is 0 Å². The van der Waals surface area contributed by atoms with E-state index in [0.29, 0.717) is 31.0 Å². The number of fused-ring (bicyclic) bond motifs is 1. The van der Waals surface area contributed by atoms with Gasteiger partial charge in [0.15, 0.2) is 6.10 Å². The van der Waals surface area contributed by atoms with Crippen LogP contribution in [0.3, 0.4) is 0 Å². The average molecular weight is 449 g/mol. The fourth-order valence-corrected chi connectivity index (χ4v) is 4.70. The van der Waals surface area contributed by atoms with Gasteiger partial charge in [0, 0.05) is 39.8 Å². The molecule has 0 N–H and O–H groups in total. The van der Waals surface area contributed by atoms with Crippen molar-refractivity contribution in [3.8, 4) is 0 Å². The summed E-state index contributed by atoms with van der Waals surface area (Å²) in [5.41, 5.74) is -0.153. The Balaban J connectivity index is 1.58. The number of thiophene rings is 1. The molecule has 2 heterocycles. The van der Waals surface area contributed by atoms with Crippen molar-refractivity contribution in [3.05, 3.63) is 34.2 Å². The number of nitrogens with zero attached hydrogens (tertiary/aromatic N) is 2. The van der Waals surface area contributed by atoms with Crippen LogP contribution in [0.15, 0.2) is 24.3 Å². The Morgan fingerprint density at radius 1 is 1.34 bits per heavy atom. The van der Waals surface area contributed by atoms with Crippen molar-refractivity contribution in [1.82, 2.24) is 9.80 Å². The lowest BCUT2D eigenvalue weighted by molar-refractivity contribution is -0.200. The minimum Gasteiger partial charge on any atom is -0.437 e. The lowest BCUT2D eigenvalue weighted by atomic mass is 9.88. The summed E-state index contributed by atoms with van der Waals surface area (Å²) in [6, 6.07) is 7.98. The zero-order valence-corrected chi connectivity index (χ0v) is 18.1. The Morgan fingerprint density at radius 2 is 2.00 bits per heavy atom. The van der Waals surface area contributed by atoms with Gasteiger partial charge in [-0.3, -0.25) is 4.90 Å². The molecule has 1 aliphatic heterocycles. The second-order valence-electron chi connectivity index (χ2n) is 7.80. The Bertz CT molecular complexity index is 878. The van der Waals surface area contributed by atoms with Crippen molar-refractivity contribution < 1.29 is 22.7 Å². The van der Waals surface area contributed by atoms with E-state index in [1.165, 1.54) is 14.5 Å². The topological polar surface area (TPSA) is 32.8 Å². The summed E-state index contributed by atoms with van der Waals surface area (Å²) < 4.78 is 43.5. The molecule has 9 heteroatoms. The van der Waals surface area contributed by atoms with Gasteiger partial charge in [0.25, 0.3) is 0 Å². The van der Waals surface area contributed by atoms with Crippen molar-refractivity contribution in [2.75, 3.05) is 20.1 Å². The number of benzene rings is 1. The second-order valence-corrected chi connectivity index (χ2v) is 9.41. The van der Waals surface area contributed by atoms with E-state index >= 15 is 0 Å². The quantitative estimate of drug-likeness (QED) is 0.581. The van der Waals surface area contributed by atoms with Crippen molar-refractivity contribution in [2.45, 2.75) is 51.1 Å². The summed E-state index contributed by atoms with van der Waals surface area (Å²) in [6.45, 7) is 4.46. The summed E-state index contributed by atoms with van der Waals surface area (Å²) in [7, 11) is 2.04. The van der Waals surface area contributed by atoms with Crippen LogP contribution in [0.1, 0.15) is 31.6 Å². The van der Waals surface area contributed by atoms with Gasteiger partial charge in [-0.25, -0.2) is 4.79 Å². The molecule has 0 bridgehead atoms. The van der Waals surface area contributed by atoms with Crippen LogP contribution in [0.25, 0.3) is 10.1 Å². The lowest BCUT2D eigenvalue weighted by Crippen LogP contribution is -2.53. The molecule has 0 saturated carbocycles. The van der Waals surface area contributed by atoms with Crippen LogP contribution in [0.2, 0.25) is 5.02 Å². The van der Waals surface area contributed by atoms with E-state index in [1.807, 2.05) is 25.2 Å². The molecular weight excluding hydrogens is 425 g/mol. The van der Waals surface area contributed by atoms with Crippen LogP contribution in [0.4, 0.5) is 18.0 Å². The van der Waals surface area contributed by atoms with Gasteiger partial charge in [-0.1, -0.05) is 11.6 Å². The first-order valence-corrected chi connectivity index (χ1v) is 10.6. The molecule has 1 fully saturated rings. The number of piperidine rings is 1. The standard InChI is InChI=1S/C20H24ClF3N2O2S/c1-13(20(22,23)24)28-18(27)26-8-6-19(2,7-9-26)25(3)12-16-11-14-10-15(21)4-5-17(14)29-16/h4-5,10-11,13H,6-9,12H2,1-3H3. The number of rotatable bonds is 4. The van der Waals surface area contributed by atoms with Gasteiger partial charge in [0.2, 0.25) is 0 Å². The van der Waals surface area contributed by atoms with Crippen LogP contribution < -0.4 is 0 Å². The molecule has 160 valence electrons. The number of amides is 1. The van der Waals surface area contributed by atoms with E-state index in [0.717, 1.165) is 18.9 Å². The van der Waals surface area contributed by atoms with Gasteiger partial charge in [-0.2, -0.15) is 13.2 Å². The molecule has 29 heavy (non-hydrogen) atoms. The summed E-state index contributed by atoms with van der Waals surface area (Å²) in [5, 5.41) is 1.83. The smallest absolute Gasteiger partial charge is 0.425 e. The van der Waals surface area contributed by atoms with E-state index in [4.69, 9.17) is 11.6 Å². The van der Waals surface area contributed by atoms with E-state index in [-0.39, 0.29) is 5.54 Å². The number of alkyl halides is 3. The van der Waals surface area contributed by atoms with Gasteiger partial charge in [0.1, 0.15) is 0 Å². The lowest BCUT2D eigenvalue weighted by Gasteiger charge is -2.45. The number of ether oxygens (including phenoxy) is 1. The maximum Gasteiger partial charge on any atom is 0.425 e. The first kappa shape index (κ1) is 22.2. The predicted octanol–water partition coefficient (Wildman–Crippen LogP) is 5.93. The molecule has 0 spiro atoms. The highest BCUT2D eigenvalue weighted by atomic mass is 35.5. The molecule has 1 aromatic heterocycles. The molecule has 0 radical (unpaired) electrons. The van der Waals surface area contributed by atoms with Crippen molar-refractivity contribution >= 4 is 39.1 Å². The average Bonchev–Trinajstić information content (AvgIpc) is 3.02. The predicted molar refractivity (Wildman–Crippen MR) is 110 cm³/mol. The molecular formula is C20H24ClF3N2O2S. The number of likely N-dealkylation sites (tertiary alicyclic amines) is 1. The molecule has 4 nitrogen and oxygen atoms in total. The van der Waals surface area contributed by atoms with E-state index in [2.05, 4.69) is 22.6 Å². The molecule has 1 atom stereocenters. The number of hydrogen-bond donors (Lipinski definition) is 0. The monoisotopic (exact) mass is 448 g/mol. The molecule has 1 amide bonds. The molecule has 1 aliphatic rings. The van der Waals surface area contributed by atoms with Crippen molar-refractivity contribution in [2.24, 2.45) is 0 Å². The highest BCUT2D eigenvalue weighted by Crippen LogP contribution is 2.33. The van der Waals surface area contributed by atoms with Crippen molar-refractivity contribution in [1.29, 1.82) is 0 Å². The zero-order valence-electron chi connectivity index (χ0n) is 16.6. The third-order valence-corrected chi connectivity index (χ3v) is 7.02. The van der Waals surface area contributed by atoms with Gasteiger partial charge < -0.3 is 9.64 Å². The fraction of sp³-hybridized carbons (Fsp3) is 0.550. The summed E-state index contributed by atoms with van der Waals surface area (Å²) in [4.78, 5) is 16.9. The Morgan fingerprint density at radius 3 is 2.62 bits per heavy atom. The first-order valence-electron chi connectivity index (χ1n) is 9.39. The van der Waals surface area contributed by atoms with Crippen LogP contribution in [-0.4, -0.2) is 53.8 Å². The number of halogens is 4. The minimum atomic E-state index is -4.55. The molecule has 3 rings (SSSR count). The Hall–Kier alpha value is -1.51. The fourth-order valence-electron chi connectivity index (χ4n) is 3.42. The molecule has 1 saturated heterocycles. The third kappa shape index (κ3) is 5.16. The van der Waals surface area contributed by atoms with Crippen molar-refractivity contribution in [3.63, 3.8) is 0 Å². The summed E-state index contributed by atoms with van der Waals surface area (Å²) >= 11 is 7.78. The van der Waals surface area contributed by atoms with E-state index in [1.54, 1.807) is 11.3 Å². The maximum atomic E-state index is 12.6. The molecule has 1 unspecified atom stereocenters. The highest BCUT2D eigenvalue weighted by molar-refractivity contribution is 7.19. The first-order chi connectivity index (χ1) is 13.5. The van der Waals surface area contributed by atoms with E-state index < -0.39 is 18.4 Å². The maximum absolute atomic E-state index is 12.6.